The van der Waals surface area contributed by atoms with Crippen LogP contribution in [-0.4, -0.2) is 76.5 Å². The molecule has 3 rings (SSSR count). The summed E-state index contributed by atoms with van der Waals surface area (Å²) in [6.07, 6.45) is -4.54. The molecule has 0 aliphatic carbocycles. The molecule has 0 saturated carbocycles. The van der Waals surface area contributed by atoms with Crippen LogP contribution in [0.15, 0.2) is 72.8 Å². The predicted molar refractivity (Wildman–Crippen MR) is 187 cm³/mol. The number of carboxylic acids is 1. The molecule has 53 heavy (non-hydrogen) atoms. The number of carbonyl (C=O) groups is 3. The molecule has 3 aromatic carbocycles. The molecule has 5 N–H and O–H groups in total. The van der Waals surface area contributed by atoms with Crippen molar-refractivity contribution in [1.82, 2.24) is 16.0 Å². The summed E-state index contributed by atoms with van der Waals surface area (Å²) in [6.45, 7) is 4.90. The number of alkyl carbamates (subject to hydrolysis) is 1. The molecular formula is C36H44F5N3O8S. The standard InChI is InChI=1S/C34H43F2N3O5.C2HF3O2.OS/c1-3-5-14-43-23-31(39-34(42)44-22-25-10-7-6-8-11-25)33(41)38-30(18-27-16-28(35)19-29(36)17-27)32(40)21-37-20-26-13-9-12-24(4-2)15-26;3-2(4,5)1(6)7;1-2/h6-13,15-17,19,30-32,37,40H,3-5,14,18,20-23H2,1-2H3,(H,38,41)(H,39,42);(H,6,7);/t30-,31+,32+;;/m0../s1. The normalized spacial score (nSPS) is 12.5. The largest absolute Gasteiger partial charge is 0.490 e. The van der Waals surface area contributed by atoms with E-state index in [-0.39, 0.29) is 31.7 Å². The number of hydrogen-bond donors (Lipinski definition) is 5. The highest BCUT2D eigenvalue weighted by atomic mass is 32.1. The number of carbonyl (C=O) groups excluding carboxylic acids is 2. The van der Waals surface area contributed by atoms with Crippen LogP contribution in [0.1, 0.15) is 48.9 Å². The van der Waals surface area contributed by atoms with Crippen LogP contribution >= 0.6 is 0 Å². The van der Waals surface area contributed by atoms with Gasteiger partial charge in [0.15, 0.2) is 12.5 Å². The molecule has 0 fully saturated rings. The van der Waals surface area contributed by atoms with E-state index in [1.54, 1.807) is 12.1 Å². The highest BCUT2D eigenvalue weighted by Gasteiger charge is 2.38. The van der Waals surface area contributed by atoms with Crippen LogP contribution < -0.4 is 16.0 Å². The summed E-state index contributed by atoms with van der Waals surface area (Å²) in [6, 6.07) is 18.1. The van der Waals surface area contributed by atoms with Crippen molar-refractivity contribution in [2.75, 3.05) is 19.8 Å². The Morgan fingerprint density at radius 1 is 0.849 bits per heavy atom. The first-order chi connectivity index (χ1) is 25.2. The lowest BCUT2D eigenvalue weighted by Crippen LogP contribution is -2.56. The van der Waals surface area contributed by atoms with E-state index in [0.717, 1.165) is 48.6 Å². The Balaban J connectivity index is 0.00000139. The second-order valence-corrected chi connectivity index (χ2v) is 11.5. The average Bonchev–Trinajstić information content (AvgIpc) is 3.12. The van der Waals surface area contributed by atoms with Crippen molar-refractivity contribution in [3.05, 3.63) is 107 Å². The monoisotopic (exact) mass is 773 g/mol. The number of halogens is 5. The van der Waals surface area contributed by atoms with Gasteiger partial charge >= 0.3 is 18.2 Å². The van der Waals surface area contributed by atoms with Crippen molar-refractivity contribution in [2.45, 2.75) is 77.0 Å². The fraction of sp³-hybridized carbons (Fsp3) is 0.417. The number of aliphatic carboxylic acids is 1. The first-order valence-electron chi connectivity index (χ1n) is 16.4. The zero-order valence-corrected chi connectivity index (χ0v) is 30.0. The summed E-state index contributed by atoms with van der Waals surface area (Å²) in [4.78, 5) is 35.0. The Hall–Kier alpha value is -4.58. The van der Waals surface area contributed by atoms with Crippen LogP contribution in [0.3, 0.4) is 0 Å². The van der Waals surface area contributed by atoms with Gasteiger partial charge in [-0.3, -0.25) is 4.79 Å². The summed E-state index contributed by atoms with van der Waals surface area (Å²) in [5, 5.41) is 26.8. The quantitative estimate of drug-likeness (QED) is 0.0868. The van der Waals surface area contributed by atoms with Crippen LogP contribution in [0.25, 0.3) is 0 Å². The maximum atomic E-state index is 14.0. The van der Waals surface area contributed by atoms with Gasteiger partial charge in [-0.1, -0.05) is 74.9 Å². The van der Waals surface area contributed by atoms with E-state index < -0.39 is 54.0 Å². The molecule has 11 nitrogen and oxygen atoms in total. The third-order valence-corrected chi connectivity index (χ3v) is 7.24. The first kappa shape index (κ1) is 46.4. The number of ether oxygens (including phenoxy) is 2. The van der Waals surface area contributed by atoms with E-state index in [1.807, 2.05) is 43.3 Å². The molecule has 17 heteroatoms. The van der Waals surface area contributed by atoms with Crippen molar-refractivity contribution in [2.24, 2.45) is 0 Å². The summed E-state index contributed by atoms with van der Waals surface area (Å²) in [7, 11) is 0. The summed E-state index contributed by atoms with van der Waals surface area (Å²) >= 11 is 2.83. The number of alkyl halides is 3. The molecule has 0 aliphatic heterocycles. The molecule has 3 atom stereocenters. The van der Waals surface area contributed by atoms with Gasteiger partial charge in [0.05, 0.1) is 18.8 Å². The number of rotatable bonds is 18. The minimum Gasteiger partial charge on any atom is -0.475 e. The number of aliphatic hydroxyl groups excluding tert-OH is 1. The number of nitrogens with one attached hydrogen (secondary N) is 3. The Kier molecular flexibility index (Phi) is 22.3. The Bertz CT molecular complexity index is 1520. The summed E-state index contributed by atoms with van der Waals surface area (Å²) < 4.78 is 78.5. The lowest BCUT2D eigenvalue weighted by atomic mass is 10.00. The van der Waals surface area contributed by atoms with Crippen molar-refractivity contribution in [1.29, 1.82) is 0 Å². The molecular weight excluding hydrogens is 729 g/mol. The fourth-order valence-electron chi connectivity index (χ4n) is 4.55. The zero-order valence-electron chi connectivity index (χ0n) is 29.2. The van der Waals surface area contributed by atoms with Gasteiger partial charge in [0, 0.05) is 25.8 Å². The van der Waals surface area contributed by atoms with Gasteiger partial charge in [-0.05, 0) is 53.6 Å². The average molecular weight is 774 g/mol. The van der Waals surface area contributed by atoms with Gasteiger partial charge in [0.25, 0.3) is 0 Å². The molecule has 0 spiro atoms. The highest BCUT2D eigenvalue weighted by molar-refractivity contribution is 7.44. The molecule has 3 aromatic rings. The van der Waals surface area contributed by atoms with E-state index in [0.29, 0.717) is 13.2 Å². The van der Waals surface area contributed by atoms with Crippen LogP contribution in [0.4, 0.5) is 26.7 Å². The zero-order chi connectivity index (χ0) is 39.8. The van der Waals surface area contributed by atoms with Gasteiger partial charge in [0.1, 0.15) is 24.3 Å². The maximum Gasteiger partial charge on any atom is 0.490 e. The van der Waals surface area contributed by atoms with Crippen LogP contribution in [0.5, 0.6) is 0 Å². The van der Waals surface area contributed by atoms with E-state index in [4.69, 9.17) is 23.6 Å². The molecule has 0 unspecified atom stereocenters. The third kappa shape index (κ3) is 19.7. The topological polar surface area (TPSA) is 163 Å². The minimum absolute atomic E-state index is 0.0109. The van der Waals surface area contributed by atoms with E-state index in [9.17, 15) is 36.6 Å². The van der Waals surface area contributed by atoms with E-state index >= 15 is 0 Å². The number of aryl methyl sites for hydroxylation is 1. The molecule has 0 bridgehead atoms. The Morgan fingerprint density at radius 3 is 2.04 bits per heavy atom. The number of amides is 2. The number of benzene rings is 3. The highest BCUT2D eigenvalue weighted by Crippen LogP contribution is 2.14. The number of carboxylic acid groups (broad SMARTS) is 1. The number of hydrogen-bond acceptors (Lipinski definition) is 9. The molecule has 2 amide bonds. The molecule has 0 aliphatic rings. The molecule has 0 radical (unpaired) electrons. The second kappa shape index (κ2) is 25.4. The molecule has 0 aromatic heterocycles. The van der Waals surface area contributed by atoms with Crippen LogP contribution in [-0.2, 0) is 57.6 Å². The van der Waals surface area contributed by atoms with Gasteiger partial charge < -0.3 is 35.6 Å². The van der Waals surface area contributed by atoms with Crippen molar-refractivity contribution in [3.63, 3.8) is 0 Å². The lowest BCUT2D eigenvalue weighted by Gasteiger charge is -2.27. The SMILES string of the molecule is CCCCOC[C@@H](NC(=O)OCc1ccccc1)C(=O)N[C@@H](Cc1cc(F)cc(F)c1)[C@H](O)CNCc1cccc(CC)c1.O=C(O)C(F)(F)F.O=S. The van der Waals surface area contributed by atoms with Crippen molar-refractivity contribution in [3.8, 4) is 0 Å². The lowest BCUT2D eigenvalue weighted by molar-refractivity contribution is -0.192. The molecule has 292 valence electrons. The first-order valence-corrected chi connectivity index (χ1v) is 16.8. The van der Waals surface area contributed by atoms with Gasteiger partial charge in [0.2, 0.25) is 5.91 Å². The summed E-state index contributed by atoms with van der Waals surface area (Å²) in [5.41, 5.74) is 3.26. The van der Waals surface area contributed by atoms with Gasteiger partial charge in [-0.2, -0.15) is 17.4 Å². The van der Waals surface area contributed by atoms with Gasteiger partial charge in [-0.15, -0.1) is 0 Å². The van der Waals surface area contributed by atoms with E-state index in [2.05, 4.69) is 41.5 Å². The third-order valence-electron chi connectivity index (χ3n) is 7.24. The molecule has 0 saturated heterocycles. The Labute approximate surface area is 309 Å². The van der Waals surface area contributed by atoms with Crippen molar-refractivity contribution < 1.29 is 60.2 Å². The predicted octanol–water partition coefficient (Wildman–Crippen LogP) is 5.11. The van der Waals surface area contributed by atoms with Crippen molar-refractivity contribution >= 4 is 30.5 Å². The van der Waals surface area contributed by atoms with E-state index in [1.165, 1.54) is 5.56 Å². The Morgan fingerprint density at radius 2 is 1.45 bits per heavy atom. The maximum absolute atomic E-state index is 14.0. The number of unbranched alkanes of at least 4 members (excludes halogenated alkanes) is 1. The fourth-order valence-corrected chi connectivity index (χ4v) is 4.55. The second-order valence-electron chi connectivity index (χ2n) is 11.5. The molecule has 0 heterocycles. The smallest absolute Gasteiger partial charge is 0.475 e. The minimum atomic E-state index is -5.08. The van der Waals surface area contributed by atoms with Gasteiger partial charge in [-0.25, -0.2) is 18.4 Å². The summed E-state index contributed by atoms with van der Waals surface area (Å²) in [5.74, 6) is -4.92. The van der Waals surface area contributed by atoms with Crippen LogP contribution in [0.2, 0.25) is 0 Å². The van der Waals surface area contributed by atoms with Crippen LogP contribution in [0, 0.1) is 11.6 Å². The number of aliphatic hydroxyl groups is 1.